The van der Waals surface area contributed by atoms with E-state index in [0.717, 1.165) is 16.7 Å². The molecule has 3 atom stereocenters. The van der Waals surface area contributed by atoms with Crippen molar-refractivity contribution in [1.29, 1.82) is 5.26 Å². The second-order valence-electron chi connectivity index (χ2n) is 8.41. The summed E-state index contributed by atoms with van der Waals surface area (Å²) in [6.07, 6.45) is 0.0114. The Morgan fingerprint density at radius 2 is 1.93 bits per heavy atom. The Balaban J connectivity index is 1.77. The van der Waals surface area contributed by atoms with E-state index in [1.165, 1.54) is 0 Å². The van der Waals surface area contributed by atoms with Gasteiger partial charge >= 0.3 is 6.09 Å². The molecular formula is C23H26N2O4S. The molecule has 0 radical (unpaired) electrons. The summed E-state index contributed by atoms with van der Waals surface area (Å²) in [7, 11) is 0. The highest BCUT2D eigenvalue weighted by atomic mass is 32.2. The van der Waals surface area contributed by atoms with Crippen LogP contribution in [0.5, 0.6) is 0 Å². The van der Waals surface area contributed by atoms with Crippen LogP contribution in [-0.2, 0) is 26.4 Å². The number of fused-ring (bicyclic) bond motifs is 1. The molecule has 2 aromatic rings. The van der Waals surface area contributed by atoms with E-state index in [2.05, 4.69) is 11.4 Å². The molecular weight excluding hydrogens is 400 g/mol. The molecule has 1 amide bonds. The first-order chi connectivity index (χ1) is 14.2. The van der Waals surface area contributed by atoms with Crippen LogP contribution in [0.25, 0.3) is 0 Å². The number of hydrogen-bond donors (Lipinski definition) is 1. The molecule has 30 heavy (non-hydrogen) atoms. The molecule has 7 heteroatoms. The Morgan fingerprint density at radius 1 is 1.23 bits per heavy atom. The van der Waals surface area contributed by atoms with Crippen LogP contribution >= 0.6 is 0 Å². The molecule has 1 aliphatic carbocycles. The molecule has 0 aliphatic heterocycles. The number of aryl methyl sites for hydroxylation is 1. The first-order valence-corrected chi connectivity index (χ1v) is 10.9. The van der Waals surface area contributed by atoms with Gasteiger partial charge in [0.15, 0.2) is 11.1 Å². The fourth-order valence-electron chi connectivity index (χ4n) is 3.51. The quantitative estimate of drug-likeness (QED) is 0.768. The van der Waals surface area contributed by atoms with Gasteiger partial charge in [-0.2, -0.15) is 5.26 Å². The standard InChI is InChI=1S/C23H26N2O4S/c1-15-8-10-18(11-9-15)30(27)28-14-17-12-20-16(13-24)6-5-7-19(20)21(17)25-22(26)29-23(2,3)4/h5-11,17,21H,12,14H2,1-4H3,(H,25,26)/t17-,21?,30?/m1/s1. The topological polar surface area (TPSA) is 88.4 Å². The minimum Gasteiger partial charge on any atom is -0.444 e. The average molecular weight is 427 g/mol. The Labute approximate surface area is 179 Å². The Morgan fingerprint density at radius 3 is 2.57 bits per heavy atom. The number of hydrogen-bond acceptors (Lipinski definition) is 5. The van der Waals surface area contributed by atoms with Crippen LogP contribution in [0.1, 0.15) is 49.1 Å². The van der Waals surface area contributed by atoms with Crippen LogP contribution in [0.4, 0.5) is 4.79 Å². The Bertz CT molecular complexity index is 990. The van der Waals surface area contributed by atoms with Crippen molar-refractivity contribution in [2.45, 2.75) is 50.7 Å². The molecule has 0 fully saturated rings. The normalized spacial score (nSPS) is 18.9. The summed E-state index contributed by atoms with van der Waals surface area (Å²) in [5.74, 6) is -0.170. The van der Waals surface area contributed by atoms with Gasteiger partial charge in [0.05, 0.1) is 29.2 Å². The van der Waals surface area contributed by atoms with Crippen LogP contribution < -0.4 is 5.32 Å². The molecule has 2 aromatic carbocycles. The first kappa shape index (κ1) is 22.0. The van der Waals surface area contributed by atoms with Gasteiger partial charge in [0.25, 0.3) is 0 Å². The fraction of sp³-hybridized carbons (Fsp3) is 0.391. The maximum absolute atomic E-state index is 12.5. The number of carbonyl (C=O) groups is 1. The van der Waals surface area contributed by atoms with E-state index in [1.807, 2.05) is 25.1 Å². The van der Waals surface area contributed by atoms with Gasteiger partial charge < -0.3 is 10.1 Å². The third kappa shape index (κ3) is 5.26. The van der Waals surface area contributed by atoms with Gasteiger partial charge in [-0.15, -0.1) is 0 Å². The highest BCUT2D eigenvalue weighted by Crippen LogP contribution is 2.38. The molecule has 0 saturated heterocycles. The van der Waals surface area contributed by atoms with Gasteiger partial charge in [0, 0.05) is 5.92 Å². The number of nitriles is 1. The van der Waals surface area contributed by atoms with E-state index in [1.54, 1.807) is 45.0 Å². The lowest BCUT2D eigenvalue weighted by Gasteiger charge is -2.25. The number of amides is 1. The SMILES string of the molecule is Cc1ccc(S(=O)OC[C@H]2Cc3c(C#N)cccc3C2NC(=O)OC(C)(C)C)cc1. The summed E-state index contributed by atoms with van der Waals surface area (Å²) in [5, 5.41) is 12.4. The maximum atomic E-state index is 12.5. The van der Waals surface area contributed by atoms with Crippen molar-refractivity contribution in [2.75, 3.05) is 6.61 Å². The van der Waals surface area contributed by atoms with Crippen LogP contribution in [0.2, 0.25) is 0 Å². The summed E-state index contributed by atoms with van der Waals surface area (Å²) in [6.45, 7) is 7.53. The monoisotopic (exact) mass is 426 g/mol. The van der Waals surface area contributed by atoms with Crippen molar-refractivity contribution < 1.29 is 17.9 Å². The number of alkyl carbamates (subject to hydrolysis) is 1. The number of ether oxygens (including phenoxy) is 1. The molecule has 0 spiro atoms. The summed E-state index contributed by atoms with van der Waals surface area (Å²) < 4.78 is 23.6. The van der Waals surface area contributed by atoms with Crippen molar-refractivity contribution in [1.82, 2.24) is 5.32 Å². The van der Waals surface area contributed by atoms with Gasteiger partial charge in [0.2, 0.25) is 0 Å². The molecule has 1 N–H and O–H groups in total. The molecule has 1 aliphatic rings. The van der Waals surface area contributed by atoms with E-state index in [0.29, 0.717) is 16.9 Å². The molecule has 0 saturated carbocycles. The number of rotatable bonds is 5. The van der Waals surface area contributed by atoms with Crippen LogP contribution in [0, 0.1) is 24.2 Å². The number of nitrogens with one attached hydrogen (secondary N) is 1. The van der Waals surface area contributed by atoms with Gasteiger partial charge in [-0.3, -0.25) is 4.18 Å². The number of carbonyl (C=O) groups excluding carboxylic acids is 1. The van der Waals surface area contributed by atoms with Crippen molar-refractivity contribution in [3.63, 3.8) is 0 Å². The highest BCUT2D eigenvalue weighted by Gasteiger charge is 2.36. The predicted octanol–water partition coefficient (Wildman–Crippen LogP) is 4.34. The van der Waals surface area contributed by atoms with Crippen molar-refractivity contribution in [3.8, 4) is 6.07 Å². The fourth-order valence-corrected chi connectivity index (χ4v) is 4.31. The molecule has 6 nitrogen and oxygen atoms in total. The zero-order chi connectivity index (χ0) is 21.9. The van der Waals surface area contributed by atoms with E-state index in [9.17, 15) is 14.3 Å². The molecule has 0 heterocycles. The van der Waals surface area contributed by atoms with Crippen LogP contribution in [0.15, 0.2) is 47.4 Å². The van der Waals surface area contributed by atoms with Gasteiger partial charge in [-0.1, -0.05) is 29.8 Å². The van der Waals surface area contributed by atoms with Gasteiger partial charge in [-0.25, -0.2) is 9.00 Å². The lowest BCUT2D eigenvalue weighted by Crippen LogP contribution is -2.37. The summed E-state index contributed by atoms with van der Waals surface area (Å²) >= 11 is -1.61. The number of nitrogens with zero attached hydrogens (tertiary/aromatic N) is 1. The second-order valence-corrected chi connectivity index (χ2v) is 9.58. The zero-order valence-corrected chi connectivity index (χ0v) is 18.4. The smallest absolute Gasteiger partial charge is 0.408 e. The van der Waals surface area contributed by atoms with E-state index >= 15 is 0 Å². The van der Waals surface area contributed by atoms with Crippen molar-refractivity contribution in [2.24, 2.45) is 5.92 Å². The first-order valence-electron chi connectivity index (χ1n) is 9.81. The van der Waals surface area contributed by atoms with Crippen LogP contribution in [-0.4, -0.2) is 22.5 Å². The van der Waals surface area contributed by atoms with E-state index < -0.39 is 28.8 Å². The molecule has 158 valence electrons. The number of benzene rings is 2. The van der Waals surface area contributed by atoms with E-state index in [-0.39, 0.29) is 12.5 Å². The van der Waals surface area contributed by atoms with Crippen molar-refractivity contribution in [3.05, 3.63) is 64.7 Å². The lowest BCUT2D eigenvalue weighted by atomic mass is 10.0. The third-order valence-electron chi connectivity index (χ3n) is 4.88. The third-order valence-corrected chi connectivity index (χ3v) is 5.89. The van der Waals surface area contributed by atoms with Gasteiger partial charge in [-0.05, 0) is 63.4 Å². The molecule has 3 rings (SSSR count). The Hall–Kier alpha value is -2.69. The molecule has 2 unspecified atom stereocenters. The zero-order valence-electron chi connectivity index (χ0n) is 17.6. The van der Waals surface area contributed by atoms with Crippen molar-refractivity contribution >= 4 is 17.2 Å². The maximum Gasteiger partial charge on any atom is 0.408 e. The van der Waals surface area contributed by atoms with Crippen LogP contribution in [0.3, 0.4) is 0 Å². The Kier molecular flexibility index (Phi) is 6.59. The minimum atomic E-state index is -1.61. The van der Waals surface area contributed by atoms with E-state index in [4.69, 9.17) is 8.92 Å². The summed E-state index contributed by atoms with van der Waals surface area (Å²) in [6, 6.07) is 14.6. The second kappa shape index (κ2) is 8.99. The highest BCUT2D eigenvalue weighted by molar-refractivity contribution is 7.80. The van der Waals surface area contributed by atoms with Gasteiger partial charge in [0.1, 0.15) is 5.60 Å². The molecule has 0 bridgehead atoms. The average Bonchev–Trinajstić information content (AvgIpc) is 3.02. The predicted molar refractivity (Wildman–Crippen MR) is 114 cm³/mol. The summed E-state index contributed by atoms with van der Waals surface area (Å²) in [4.78, 5) is 13.0. The summed E-state index contributed by atoms with van der Waals surface area (Å²) in [5.41, 5.74) is 2.78. The largest absolute Gasteiger partial charge is 0.444 e. The lowest BCUT2D eigenvalue weighted by molar-refractivity contribution is 0.0481. The molecule has 0 aromatic heterocycles. The minimum absolute atomic E-state index is 0.167.